The average Bonchev–Trinajstić information content (AvgIpc) is 3.11. The van der Waals surface area contributed by atoms with Gasteiger partial charge < -0.3 is 14.7 Å². The van der Waals surface area contributed by atoms with E-state index in [1.807, 2.05) is 12.1 Å². The summed E-state index contributed by atoms with van der Waals surface area (Å²) in [4.78, 5) is 33.8. The van der Waals surface area contributed by atoms with Gasteiger partial charge in [-0.15, -0.1) is 0 Å². The molecular formula is C19H17N5O3. The highest BCUT2D eigenvalue weighted by molar-refractivity contribution is 5.96. The Morgan fingerprint density at radius 3 is 2.63 bits per heavy atom. The third-order valence-corrected chi connectivity index (χ3v) is 4.33. The van der Waals surface area contributed by atoms with Crippen LogP contribution in [0.25, 0.3) is 11.4 Å². The first-order valence-electron chi connectivity index (χ1n) is 8.51. The third kappa shape index (κ3) is 3.55. The van der Waals surface area contributed by atoms with E-state index in [0.717, 1.165) is 5.56 Å². The summed E-state index contributed by atoms with van der Waals surface area (Å²) in [6.45, 7) is 2.50. The standard InChI is InChI=1S/C19H17N5O3/c1-12(25)21-16-6-4-13(5-7-16)19(26)24-10-15(11-24)18-22-17(23-27-18)14-3-2-8-20-9-14/h2-9,15H,10-11H2,1H3,(H,21,25). The van der Waals surface area contributed by atoms with Crippen molar-refractivity contribution < 1.29 is 14.1 Å². The Morgan fingerprint density at radius 1 is 1.19 bits per heavy atom. The van der Waals surface area contributed by atoms with Crippen molar-refractivity contribution in [2.24, 2.45) is 0 Å². The molecule has 8 heteroatoms. The number of aromatic nitrogens is 3. The minimum Gasteiger partial charge on any atom is -0.339 e. The number of anilines is 1. The van der Waals surface area contributed by atoms with E-state index in [9.17, 15) is 9.59 Å². The Bertz CT molecular complexity index is 963. The zero-order valence-corrected chi connectivity index (χ0v) is 14.6. The van der Waals surface area contributed by atoms with E-state index >= 15 is 0 Å². The molecule has 0 aliphatic carbocycles. The van der Waals surface area contributed by atoms with Crippen molar-refractivity contribution in [2.75, 3.05) is 18.4 Å². The van der Waals surface area contributed by atoms with E-state index in [1.165, 1.54) is 6.92 Å². The lowest BCUT2D eigenvalue weighted by Gasteiger charge is -2.37. The summed E-state index contributed by atoms with van der Waals surface area (Å²) in [5.41, 5.74) is 2.03. The van der Waals surface area contributed by atoms with Gasteiger partial charge in [0.1, 0.15) is 0 Å². The maximum Gasteiger partial charge on any atom is 0.253 e. The summed E-state index contributed by atoms with van der Waals surface area (Å²) in [6, 6.07) is 10.5. The highest BCUT2D eigenvalue weighted by Crippen LogP contribution is 2.28. The molecule has 3 aromatic rings. The minimum atomic E-state index is -0.148. The van der Waals surface area contributed by atoms with Gasteiger partial charge in [-0.25, -0.2) is 0 Å². The fraction of sp³-hybridized carbons (Fsp3) is 0.211. The maximum absolute atomic E-state index is 12.5. The van der Waals surface area contributed by atoms with Crippen LogP contribution < -0.4 is 5.32 Å². The van der Waals surface area contributed by atoms with E-state index < -0.39 is 0 Å². The molecular weight excluding hydrogens is 346 g/mol. The Balaban J connectivity index is 1.37. The van der Waals surface area contributed by atoms with Crippen LogP contribution in [0.3, 0.4) is 0 Å². The number of carbonyl (C=O) groups excluding carboxylic acids is 2. The number of likely N-dealkylation sites (tertiary alicyclic amines) is 1. The number of amides is 2. The van der Waals surface area contributed by atoms with Gasteiger partial charge >= 0.3 is 0 Å². The molecule has 27 heavy (non-hydrogen) atoms. The molecule has 8 nitrogen and oxygen atoms in total. The van der Waals surface area contributed by atoms with Gasteiger partial charge in [-0.3, -0.25) is 14.6 Å². The highest BCUT2D eigenvalue weighted by atomic mass is 16.5. The Hall–Kier alpha value is -3.55. The molecule has 136 valence electrons. The van der Waals surface area contributed by atoms with Crippen molar-refractivity contribution in [3.63, 3.8) is 0 Å². The maximum atomic E-state index is 12.5. The first kappa shape index (κ1) is 16.9. The van der Waals surface area contributed by atoms with Crippen LogP contribution >= 0.6 is 0 Å². The van der Waals surface area contributed by atoms with E-state index in [1.54, 1.807) is 41.6 Å². The smallest absolute Gasteiger partial charge is 0.253 e. The van der Waals surface area contributed by atoms with Crippen molar-refractivity contribution in [1.82, 2.24) is 20.0 Å². The van der Waals surface area contributed by atoms with Crippen LogP contribution in [0.5, 0.6) is 0 Å². The number of hydrogen-bond donors (Lipinski definition) is 1. The highest BCUT2D eigenvalue weighted by Gasteiger charge is 2.36. The summed E-state index contributed by atoms with van der Waals surface area (Å²) in [5.74, 6) is 0.846. The molecule has 0 radical (unpaired) electrons. The number of nitrogens with zero attached hydrogens (tertiary/aromatic N) is 4. The van der Waals surface area contributed by atoms with E-state index in [0.29, 0.717) is 36.1 Å². The van der Waals surface area contributed by atoms with Crippen LogP contribution in [0, 0.1) is 0 Å². The lowest BCUT2D eigenvalue weighted by Crippen LogP contribution is -2.48. The van der Waals surface area contributed by atoms with E-state index in [-0.39, 0.29) is 17.7 Å². The summed E-state index contributed by atoms with van der Waals surface area (Å²) in [7, 11) is 0. The molecule has 1 N–H and O–H groups in total. The van der Waals surface area contributed by atoms with Crippen LogP contribution in [0.2, 0.25) is 0 Å². The molecule has 3 heterocycles. The van der Waals surface area contributed by atoms with Gasteiger partial charge in [0.05, 0.1) is 5.92 Å². The first-order valence-corrected chi connectivity index (χ1v) is 8.51. The second-order valence-electron chi connectivity index (χ2n) is 6.36. The number of pyridine rings is 1. The monoisotopic (exact) mass is 363 g/mol. The van der Waals surface area contributed by atoms with Crippen LogP contribution in [0.1, 0.15) is 29.1 Å². The molecule has 2 aromatic heterocycles. The first-order chi connectivity index (χ1) is 13.1. The second-order valence-corrected chi connectivity index (χ2v) is 6.36. The van der Waals surface area contributed by atoms with Gasteiger partial charge in [0, 0.05) is 49.2 Å². The predicted molar refractivity (Wildman–Crippen MR) is 96.9 cm³/mol. The fourth-order valence-corrected chi connectivity index (χ4v) is 2.90. The van der Waals surface area contributed by atoms with Crippen molar-refractivity contribution >= 4 is 17.5 Å². The normalized spacial score (nSPS) is 13.9. The topological polar surface area (TPSA) is 101 Å². The molecule has 1 aliphatic heterocycles. The molecule has 0 spiro atoms. The zero-order valence-electron chi connectivity index (χ0n) is 14.6. The average molecular weight is 363 g/mol. The van der Waals surface area contributed by atoms with Crippen molar-refractivity contribution in [3.05, 3.63) is 60.2 Å². The lowest BCUT2D eigenvalue weighted by molar-refractivity contribution is -0.114. The van der Waals surface area contributed by atoms with Crippen LogP contribution in [0.4, 0.5) is 5.69 Å². The molecule has 1 saturated heterocycles. The van der Waals surface area contributed by atoms with Crippen molar-refractivity contribution in [1.29, 1.82) is 0 Å². The quantitative estimate of drug-likeness (QED) is 0.763. The van der Waals surface area contributed by atoms with E-state index in [4.69, 9.17) is 4.52 Å². The molecule has 4 rings (SSSR count). The number of nitrogens with one attached hydrogen (secondary N) is 1. The summed E-state index contributed by atoms with van der Waals surface area (Å²) < 4.78 is 5.34. The number of hydrogen-bond acceptors (Lipinski definition) is 6. The van der Waals surface area contributed by atoms with Crippen LogP contribution in [-0.2, 0) is 4.79 Å². The summed E-state index contributed by atoms with van der Waals surface area (Å²) >= 11 is 0. The molecule has 0 saturated carbocycles. The molecule has 0 unspecified atom stereocenters. The largest absolute Gasteiger partial charge is 0.339 e. The van der Waals surface area contributed by atoms with Gasteiger partial charge in [-0.1, -0.05) is 5.16 Å². The van der Waals surface area contributed by atoms with Gasteiger partial charge in [-0.2, -0.15) is 4.98 Å². The molecule has 1 aromatic carbocycles. The Morgan fingerprint density at radius 2 is 1.96 bits per heavy atom. The third-order valence-electron chi connectivity index (χ3n) is 4.33. The number of carbonyl (C=O) groups is 2. The Kier molecular flexibility index (Phi) is 4.37. The van der Waals surface area contributed by atoms with E-state index in [2.05, 4.69) is 20.4 Å². The minimum absolute atomic E-state index is 0.0329. The molecule has 0 bridgehead atoms. The molecule has 0 atom stereocenters. The predicted octanol–water partition coefficient (Wildman–Crippen LogP) is 2.33. The van der Waals surface area contributed by atoms with Gasteiger partial charge in [-0.05, 0) is 36.4 Å². The number of rotatable bonds is 4. The lowest BCUT2D eigenvalue weighted by atomic mass is 9.98. The summed E-state index contributed by atoms with van der Waals surface area (Å²) in [6.07, 6.45) is 3.36. The van der Waals surface area contributed by atoms with Crippen LogP contribution in [0.15, 0.2) is 53.3 Å². The van der Waals surface area contributed by atoms with Gasteiger partial charge in [0.15, 0.2) is 0 Å². The van der Waals surface area contributed by atoms with Gasteiger partial charge in [0.2, 0.25) is 17.6 Å². The van der Waals surface area contributed by atoms with Crippen molar-refractivity contribution in [2.45, 2.75) is 12.8 Å². The molecule has 1 aliphatic rings. The molecule has 1 fully saturated rings. The zero-order chi connectivity index (χ0) is 18.8. The fourth-order valence-electron chi connectivity index (χ4n) is 2.90. The summed E-state index contributed by atoms with van der Waals surface area (Å²) in [5, 5.41) is 6.66. The molecule has 2 amide bonds. The van der Waals surface area contributed by atoms with Gasteiger partial charge in [0.25, 0.3) is 5.91 Å². The second kappa shape index (κ2) is 6.99. The number of benzene rings is 1. The Labute approximate surface area is 155 Å². The van der Waals surface area contributed by atoms with Crippen molar-refractivity contribution in [3.8, 4) is 11.4 Å². The van der Waals surface area contributed by atoms with Crippen LogP contribution in [-0.4, -0.2) is 44.9 Å². The SMILES string of the molecule is CC(=O)Nc1ccc(C(=O)N2CC(c3nc(-c4cccnc4)no3)C2)cc1.